The summed E-state index contributed by atoms with van der Waals surface area (Å²) in [5, 5.41) is 11.8. The van der Waals surface area contributed by atoms with Gasteiger partial charge in [0, 0.05) is 19.1 Å². The second kappa shape index (κ2) is 5.51. The number of hydrogen-bond donors (Lipinski definition) is 2. The highest BCUT2D eigenvalue weighted by Gasteiger charge is 2.21. The van der Waals surface area contributed by atoms with Gasteiger partial charge in [-0.3, -0.25) is 4.90 Å². The number of nitrogens with zero attached hydrogens (tertiary/aromatic N) is 1. The Bertz CT molecular complexity index is 119. The Morgan fingerprint density at radius 3 is 3.08 bits per heavy atom. The largest absolute Gasteiger partial charge is 0.395 e. The molecule has 0 radical (unpaired) electrons. The highest BCUT2D eigenvalue weighted by Crippen LogP contribution is 2.15. The lowest BCUT2D eigenvalue weighted by atomic mass is 10.2. The molecule has 0 bridgehead atoms. The van der Waals surface area contributed by atoms with Crippen LogP contribution in [0.3, 0.4) is 0 Å². The highest BCUT2D eigenvalue weighted by molar-refractivity contribution is 4.79. The van der Waals surface area contributed by atoms with Crippen molar-refractivity contribution in [2.45, 2.75) is 25.8 Å². The van der Waals surface area contributed by atoms with Crippen LogP contribution in [0.4, 0.5) is 0 Å². The zero-order chi connectivity index (χ0) is 8.81. The molecule has 1 heterocycles. The lowest BCUT2D eigenvalue weighted by molar-refractivity contribution is 0.247. The quantitative estimate of drug-likeness (QED) is 0.575. The van der Waals surface area contributed by atoms with Gasteiger partial charge in [0.1, 0.15) is 0 Å². The highest BCUT2D eigenvalue weighted by atomic mass is 16.3. The van der Waals surface area contributed by atoms with Gasteiger partial charge >= 0.3 is 0 Å². The average molecular weight is 172 g/mol. The monoisotopic (exact) mass is 172 g/mol. The minimum atomic E-state index is 0.249. The summed E-state index contributed by atoms with van der Waals surface area (Å²) >= 11 is 0. The van der Waals surface area contributed by atoms with E-state index in [9.17, 15) is 0 Å². The molecular formula is C9H20N2O. The Kier molecular flexibility index (Phi) is 4.58. The molecule has 3 nitrogen and oxygen atoms in total. The maximum Gasteiger partial charge on any atom is 0.0555 e. The van der Waals surface area contributed by atoms with Crippen molar-refractivity contribution in [2.75, 3.05) is 32.8 Å². The molecule has 0 amide bonds. The number of aliphatic hydroxyl groups is 1. The summed E-state index contributed by atoms with van der Waals surface area (Å²) in [6.45, 7) is 6.64. The average Bonchev–Trinajstić information content (AvgIpc) is 2.52. The van der Waals surface area contributed by atoms with Gasteiger partial charge in [0.15, 0.2) is 0 Å². The number of likely N-dealkylation sites (tertiary alicyclic amines) is 1. The predicted octanol–water partition coefficient (Wildman–Crippen LogP) is 0.0526. The van der Waals surface area contributed by atoms with E-state index in [2.05, 4.69) is 17.1 Å². The zero-order valence-electron chi connectivity index (χ0n) is 7.92. The summed E-state index contributed by atoms with van der Waals surface area (Å²) in [5.74, 6) is 0. The Labute approximate surface area is 74.8 Å². The second-order valence-electron chi connectivity index (χ2n) is 3.35. The molecule has 12 heavy (non-hydrogen) atoms. The van der Waals surface area contributed by atoms with Crippen molar-refractivity contribution in [3.05, 3.63) is 0 Å². The first-order chi connectivity index (χ1) is 5.88. The van der Waals surface area contributed by atoms with Gasteiger partial charge in [-0.05, 0) is 25.9 Å². The third kappa shape index (κ3) is 2.73. The molecular weight excluding hydrogens is 152 g/mol. The van der Waals surface area contributed by atoms with Gasteiger partial charge < -0.3 is 10.4 Å². The van der Waals surface area contributed by atoms with E-state index in [1.54, 1.807) is 0 Å². The minimum Gasteiger partial charge on any atom is -0.395 e. The molecule has 1 rings (SSSR count). The molecule has 1 saturated heterocycles. The molecule has 0 unspecified atom stereocenters. The van der Waals surface area contributed by atoms with Crippen LogP contribution in [-0.2, 0) is 0 Å². The number of likely N-dealkylation sites (N-methyl/N-ethyl adjacent to an activating group) is 1. The van der Waals surface area contributed by atoms with Crippen LogP contribution in [0.25, 0.3) is 0 Å². The van der Waals surface area contributed by atoms with Crippen LogP contribution in [0.5, 0.6) is 0 Å². The van der Waals surface area contributed by atoms with E-state index in [-0.39, 0.29) is 6.61 Å². The van der Waals surface area contributed by atoms with Crippen LogP contribution >= 0.6 is 0 Å². The van der Waals surface area contributed by atoms with E-state index < -0.39 is 0 Å². The van der Waals surface area contributed by atoms with Crippen molar-refractivity contribution in [3.63, 3.8) is 0 Å². The fourth-order valence-corrected chi connectivity index (χ4v) is 1.89. The fraction of sp³-hybridized carbons (Fsp3) is 1.00. The van der Waals surface area contributed by atoms with Gasteiger partial charge in [-0.1, -0.05) is 6.92 Å². The molecule has 1 aliphatic rings. The maximum atomic E-state index is 8.59. The standard InChI is InChI=1S/C9H20N2O/c1-2-11-6-3-4-9(11)8-10-5-7-12/h9-10,12H,2-8H2,1H3/t9-/m0/s1. The third-order valence-corrected chi connectivity index (χ3v) is 2.57. The van der Waals surface area contributed by atoms with E-state index in [0.717, 1.165) is 19.6 Å². The van der Waals surface area contributed by atoms with Crippen LogP contribution in [-0.4, -0.2) is 48.8 Å². The van der Waals surface area contributed by atoms with E-state index in [1.807, 2.05) is 0 Å². The van der Waals surface area contributed by atoms with Crippen molar-refractivity contribution in [1.29, 1.82) is 0 Å². The lowest BCUT2D eigenvalue weighted by Crippen LogP contribution is -2.38. The Morgan fingerprint density at radius 2 is 2.42 bits per heavy atom. The number of rotatable bonds is 5. The molecule has 0 aromatic heterocycles. The van der Waals surface area contributed by atoms with Gasteiger partial charge in [-0.2, -0.15) is 0 Å². The molecule has 0 aromatic rings. The molecule has 3 heteroatoms. The van der Waals surface area contributed by atoms with Crippen LogP contribution in [0.15, 0.2) is 0 Å². The maximum absolute atomic E-state index is 8.59. The first-order valence-corrected chi connectivity index (χ1v) is 4.94. The van der Waals surface area contributed by atoms with Crippen molar-refractivity contribution in [3.8, 4) is 0 Å². The van der Waals surface area contributed by atoms with Crippen molar-refractivity contribution in [2.24, 2.45) is 0 Å². The Hall–Kier alpha value is -0.120. The fourth-order valence-electron chi connectivity index (χ4n) is 1.89. The summed E-state index contributed by atoms with van der Waals surface area (Å²) in [7, 11) is 0. The smallest absolute Gasteiger partial charge is 0.0555 e. The van der Waals surface area contributed by atoms with Gasteiger partial charge in [-0.15, -0.1) is 0 Å². The summed E-state index contributed by atoms with van der Waals surface area (Å²) < 4.78 is 0. The molecule has 0 aromatic carbocycles. The summed E-state index contributed by atoms with van der Waals surface area (Å²) in [6, 6.07) is 0.710. The number of nitrogens with one attached hydrogen (secondary N) is 1. The van der Waals surface area contributed by atoms with Gasteiger partial charge in [0.2, 0.25) is 0 Å². The van der Waals surface area contributed by atoms with Crippen LogP contribution in [0.2, 0.25) is 0 Å². The predicted molar refractivity (Wildman–Crippen MR) is 50.2 cm³/mol. The third-order valence-electron chi connectivity index (χ3n) is 2.57. The van der Waals surface area contributed by atoms with Gasteiger partial charge in [0.05, 0.1) is 6.61 Å². The number of hydrogen-bond acceptors (Lipinski definition) is 3. The Balaban J connectivity index is 2.12. The van der Waals surface area contributed by atoms with Gasteiger partial charge in [0.25, 0.3) is 0 Å². The molecule has 2 N–H and O–H groups in total. The minimum absolute atomic E-state index is 0.249. The summed E-state index contributed by atoms with van der Waals surface area (Å²) in [4.78, 5) is 2.50. The molecule has 0 spiro atoms. The van der Waals surface area contributed by atoms with Crippen LogP contribution in [0, 0.1) is 0 Å². The molecule has 0 saturated carbocycles. The van der Waals surface area contributed by atoms with Crippen molar-refractivity contribution < 1.29 is 5.11 Å². The zero-order valence-corrected chi connectivity index (χ0v) is 7.92. The SMILES string of the molecule is CCN1CCC[C@H]1CNCCO. The summed E-state index contributed by atoms with van der Waals surface area (Å²) in [6.07, 6.45) is 2.64. The topological polar surface area (TPSA) is 35.5 Å². The van der Waals surface area contributed by atoms with E-state index in [0.29, 0.717) is 6.04 Å². The molecule has 1 aliphatic heterocycles. The molecule has 1 fully saturated rings. The molecule has 0 aliphatic carbocycles. The molecule has 1 atom stereocenters. The van der Waals surface area contributed by atoms with Crippen LogP contribution < -0.4 is 5.32 Å². The first kappa shape index (κ1) is 9.96. The Morgan fingerprint density at radius 1 is 1.58 bits per heavy atom. The molecule has 72 valence electrons. The second-order valence-corrected chi connectivity index (χ2v) is 3.35. The van der Waals surface area contributed by atoms with Crippen molar-refractivity contribution >= 4 is 0 Å². The lowest BCUT2D eigenvalue weighted by Gasteiger charge is -2.22. The van der Waals surface area contributed by atoms with Crippen molar-refractivity contribution in [1.82, 2.24) is 10.2 Å². The van der Waals surface area contributed by atoms with E-state index in [1.165, 1.54) is 19.4 Å². The van der Waals surface area contributed by atoms with Crippen LogP contribution in [0.1, 0.15) is 19.8 Å². The van der Waals surface area contributed by atoms with E-state index in [4.69, 9.17) is 5.11 Å². The van der Waals surface area contributed by atoms with Gasteiger partial charge in [-0.25, -0.2) is 0 Å². The normalized spacial score (nSPS) is 25.0. The number of aliphatic hydroxyl groups excluding tert-OH is 1. The summed E-state index contributed by atoms with van der Waals surface area (Å²) in [5.41, 5.74) is 0. The first-order valence-electron chi connectivity index (χ1n) is 4.94. The van der Waals surface area contributed by atoms with E-state index >= 15 is 0 Å².